The number of methoxy groups -OCH3 is 2. The van der Waals surface area contributed by atoms with Crippen molar-refractivity contribution in [2.45, 2.75) is 68.2 Å². The molecule has 0 aromatic rings. The van der Waals surface area contributed by atoms with Crippen LogP contribution in [0.3, 0.4) is 0 Å². The van der Waals surface area contributed by atoms with Crippen molar-refractivity contribution < 1.29 is 26.5 Å². The van der Waals surface area contributed by atoms with Gasteiger partial charge in [0.25, 0.3) is 0 Å². The van der Waals surface area contributed by atoms with E-state index in [0.29, 0.717) is 0 Å². The molecule has 0 aromatic heterocycles. The summed E-state index contributed by atoms with van der Waals surface area (Å²) in [5, 5.41) is 0. The molecule has 0 amide bonds. The minimum absolute atomic E-state index is 0. The Hall–Kier alpha value is -0.601. The summed E-state index contributed by atoms with van der Waals surface area (Å²) in [5.41, 5.74) is 8.53. The Labute approximate surface area is 178 Å². The van der Waals surface area contributed by atoms with Crippen LogP contribution in [0.2, 0.25) is 0 Å². The second-order valence-corrected chi connectivity index (χ2v) is 8.15. The van der Waals surface area contributed by atoms with E-state index in [9.17, 15) is 0 Å². The van der Waals surface area contributed by atoms with Crippen LogP contribution in [0.5, 0.6) is 0 Å². The standard InChI is InChI=1S/2C12H19O.Fe/c2*1-9-8-12(4,6-7-13-5)11(3)10(9)2;/h2*6-7H2,1-5H3;/q2*-1;+2. The number of allylic oxidation sites excluding steroid dienone is 8. The third-order valence-corrected chi connectivity index (χ3v) is 6.44. The van der Waals surface area contributed by atoms with Crippen molar-refractivity contribution in [3.63, 3.8) is 0 Å². The van der Waals surface area contributed by atoms with E-state index in [4.69, 9.17) is 9.47 Å². The number of rotatable bonds is 6. The molecule has 0 heterocycles. The van der Waals surface area contributed by atoms with Gasteiger partial charge in [-0.2, -0.15) is 22.3 Å². The maximum atomic E-state index is 5.12. The Balaban J connectivity index is 0.000000483. The second kappa shape index (κ2) is 10.8. The molecule has 0 aromatic carbocycles. The Kier molecular flexibility index (Phi) is 10.6. The first kappa shape index (κ1) is 26.4. The van der Waals surface area contributed by atoms with Crippen LogP contribution in [0.4, 0.5) is 0 Å². The smallest absolute Gasteiger partial charge is 0.385 e. The van der Waals surface area contributed by atoms with E-state index in [1.54, 1.807) is 14.2 Å². The largest absolute Gasteiger partial charge is 2.00 e. The third kappa shape index (κ3) is 6.19. The van der Waals surface area contributed by atoms with Crippen molar-refractivity contribution in [1.29, 1.82) is 0 Å². The van der Waals surface area contributed by atoms with Crippen molar-refractivity contribution in [1.82, 2.24) is 0 Å². The summed E-state index contributed by atoms with van der Waals surface area (Å²) in [5.74, 6) is 0. The van der Waals surface area contributed by atoms with Gasteiger partial charge in [-0.25, -0.2) is 11.1 Å². The van der Waals surface area contributed by atoms with Gasteiger partial charge in [0, 0.05) is 27.4 Å². The molecule has 0 saturated carbocycles. The van der Waals surface area contributed by atoms with E-state index >= 15 is 0 Å². The molecular formula is C24H38FeO2. The summed E-state index contributed by atoms with van der Waals surface area (Å²) in [7, 11) is 3.50. The average molecular weight is 414 g/mol. The Morgan fingerprint density at radius 2 is 0.963 bits per heavy atom. The molecule has 2 atom stereocenters. The topological polar surface area (TPSA) is 18.5 Å². The third-order valence-electron chi connectivity index (χ3n) is 6.44. The van der Waals surface area contributed by atoms with Crippen LogP contribution in [-0.2, 0) is 26.5 Å². The van der Waals surface area contributed by atoms with Gasteiger partial charge in [-0.1, -0.05) is 52.4 Å². The molecule has 2 unspecified atom stereocenters. The molecule has 0 bridgehead atoms. The second-order valence-electron chi connectivity index (χ2n) is 8.15. The first-order valence-corrected chi connectivity index (χ1v) is 9.60. The summed E-state index contributed by atoms with van der Waals surface area (Å²) in [6.45, 7) is 19.1. The van der Waals surface area contributed by atoms with Gasteiger partial charge in [-0.3, -0.25) is 12.2 Å². The zero-order valence-corrected chi connectivity index (χ0v) is 20.1. The van der Waals surface area contributed by atoms with Crippen LogP contribution in [0, 0.1) is 23.0 Å². The molecule has 0 N–H and O–H groups in total. The fraction of sp³-hybridized carbons (Fsp3) is 0.667. The van der Waals surface area contributed by atoms with Crippen LogP contribution >= 0.6 is 0 Å². The van der Waals surface area contributed by atoms with Crippen molar-refractivity contribution in [3.8, 4) is 0 Å². The first-order valence-electron chi connectivity index (χ1n) is 9.60. The fourth-order valence-electron chi connectivity index (χ4n) is 3.71. The van der Waals surface area contributed by atoms with E-state index in [1.807, 2.05) is 0 Å². The molecule has 0 fully saturated rings. The Morgan fingerprint density at radius 3 is 1.15 bits per heavy atom. The van der Waals surface area contributed by atoms with Crippen molar-refractivity contribution in [2.75, 3.05) is 27.4 Å². The molecule has 2 aliphatic rings. The maximum Gasteiger partial charge on any atom is 2.00 e. The molecule has 0 radical (unpaired) electrons. The Morgan fingerprint density at radius 1 is 0.667 bits per heavy atom. The molecule has 0 aliphatic heterocycles. The van der Waals surface area contributed by atoms with E-state index in [0.717, 1.165) is 26.1 Å². The summed E-state index contributed by atoms with van der Waals surface area (Å²) < 4.78 is 10.2. The van der Waals surface area contributed by atoms with Gasteiger partial charge >= 0.3 is 17.1 Å². The van der Waals surface area contributed by atoms with Crippen LogP contribution in [0.15, 0.2) is 33.4 Å². The fourth-order valence-corrected chi connectivity index (χ4v) is 3.71. The summed E-state index contributed by atoms with van der Waals surface area (Å²) in [6, 6.07) is 0. The van der Waals surface area contributed by atoms with Gasteiger partial charge in [-0.05, 0) is 12.8 Å². The van der Waals surface area contributed by atoms with Gasteiger partial charge in [0.1, 0.15) is 0 Å². The van der Waals surface area contributed by atoms with E-state index < -0.39 is 0 Å². The summed E-state index contributed by atoms with van der Waals surface area (Å²) in [4.78, 5) is 0. The molecule has 2 nitrogen and oxygen atoms in total. The average Bonchev–Trinajstić information content (AvgIpc) is 2.92. The zero-order chi connectivity index (χ0) is 20.1. The molecule has 0 saturated heterocycles. The first-order chi connectivity index (χ1) is 12.0. The molecule has 0 spiro atoms. The van der Waals surface area contributed by atoms with Crippen molar-refractivity contribution in [2.24, 2.45) is 10.8 Å². The van der Waals surface area contributed by atoms with Crippen molar-refractivity contribution in [3.05, 3.63) is 45.6 Å². The molecule has 2 rings (SSSR count). The predicted molar refractivity (Wildman–Crippen MR) is 111 cm³/mol. The van der Waals surface area contributed by atoms with Gasteiger partial charge in [-0.15, -0.1) is 13.8 Å². The number of hydrogen-bond donors (Lipinski definition) is 0. The molecule has 2 aliphatic carbocycles. The summed E-state index contributed by atoms with van der Waals surface area (Å²) in [6.07, 6.45) is 9.12. The molecule has 3 heteroatoms. The van der Waals surface area contributed by atoms with Crippen LogP contribution in [0.1, 0.15) is 68.2 Å². The minimum Gasteiger partial charge on any atom is -0.385 e. The summed E-state index contributed by atoms with van der Waals surface area (Å²) >= 11 is 0. The van der Waals surface area contributed by atoms with Crippen LogP contribution in [0.25, 0.3) is 0 Å². The number of ether oxygens (including phenoxy) is 2. The quantitative estimate of drug-likeness (QED) is 0.378. The molecule has 154 valence electrons. The molecule has 27 heavy (non-hydrogen) atoms. The van der Waals surface area contributed by atoms with Crippen LogP contribution in [-0.4, -0.2) is 27.4 Å². The SMILES string of the molecule is COCCC1(C)[C-]=C(C)C(C)=C1C.COCCC1(C)[C-]=C(C)C(C)=C1C.[Fe+2]. The van der Waals surface area contributed by atoms with Crippen LogP contribution < -0.4 is 0 Å². The minimum atomic E-state index is 0. The van der Waals surface area contributed by atoms with Gasteiger partial charge in [0.05, 0.1) is 0 Å². The van der Waals surface area contributed by atoms with E-state index in [1.165, 1.54) is 33.4 Å². The number of hydrogen-bond acceptors (Lipinski definition) is 2. The molecular weight excluding hydrogens is 376 g/mol. The monoisotopic (exact) mass is 414 g/mol. The Bertz CT molecular complexity index is 583. The van der Waals surface area contributed by atoms with Gasteiger partial charge in [0.2, 0.25) is 0 Å². The van der Waals surface area contributed by atoms with E-state index in [2.05, 4.69) is 67.5 Å². The predicted octanol–water partition coefficient (Wildman–Crippen LogP) is 6.25. The van der Waals surface area contributed by atoms with Gasteiger partial charge in [0.15, 0.2) is 0 Å². The van der Waals surface area contributed by atoms with Crippen molar-refractivity contribution >= 4 is 0 Å². The zero-order valence-electron chi connectivity index (χ0n) is 19.0. The van der Waals surface area contributed by atoms with E-state index in [-0.39, 0.29) is 27.9 Å². The van der Waals surface area contributed by atoms with Gasteiger partial charge < -0.3 is 9.47 Å². The normalized spacial score (nSPS) is 27.2. The maximum absolute atomic E-state index is 5.12.